The van der Waals surface area contributed by atoms with Gasteiger partial charge in [0.2, 0.25) is 0 Å². The second-order valence-corrected chi connectivity index (χ2v) is 4.87. The maximum atomic E-state index is 11.1. The predicted molar refractivity (Wildman–Crippen MR) is 71.7 cm³/mol. The number of nitro groups is 1. The SMILES string of the molecule is COc1cccc(NCC2(C)CCCO2)c1[N+](=O)[O-]. The minimum Gasteiger partial charge on any atom is -0.490 e. The van der Waals surface area contributed by atoms with Crippen LogP contribution >= 0.6 is 0 Å². The maximum Gasteiger partial charge on any atom is 0.333 e. The normalized spacial score (nSPS) is 22.2. The number of ether oxygens (including phenoxy) is 2. The van der Waals surface area contributed by atoms with Gasteiger partial charge in [0.05, 0.1) is 17.6 Å². The van der Waals surface area contributed by atoms with E-state index in [2.05, 4.69) is 5.32 Å². The number of nitrogens with one attached hydrogen (secondary N) is 1. The zero-order chi connectivity index (χ0) is 13.9. The zero-order valence-electron chi connectivity index (χ0n) is 11.1. The van der Waals surface area contributed by atoms with Crippen LogP contribution in [0.5, 0.6) is 5.75 Å². The number of nitrogens with zero attached hydrogens (tertiary/aromatic N) is 1. The largest absolute Gasteiger partial charge is 0.490 e. The van der Waals surface area contributed by atoms with Gasteiger partial charge in [-0.1, -0.05) is 6.07 Å². The van der Waals surface area contributed by atoms with Crippen molar-refractivity contribution >= 4 is 11.4 Å². The number of rotatable bonds is 5. The van der Waals surface area contributed by atoms with Crippen molar-refractivity contribution in [3.8, 4) is 5.75 Å². The first kappa shape index (κ1) is 13.6. The van der Waals surface area contributed by atoms with Crippen molar-refractivity contribution < 1.29 is 14.4 Å². The molecule has 1 N–H and O–H groups in total. The van der Waals surface area contributed by atoms with Crippen molar-refractivity contribution in [2.45, 2.75) is 25.4 Å². The fraction of sp³-hybridized carbons (Fsp3) is 0.538. The summed E-state index contributed by atoms with van der Waals surface area (Å²) in [6.45, 7) is 3.30. The molecule has 0 radical (unpaired) electrons. The lowest BCUT2D eigenvalue weighted by Gasteiger charge is -2.24. The first-order valence-corrected chi connectivity index (χ1v) is 6.25. The molecular weight excluding hydrogens is 248 g/mol. The Morgan fingerprint density at radius 2 is 2.37 bits per heavy atom. The van der Waals surface area contributed by atoms with Gasteiger partial charge in [0.15, 0.2) is 5.75 Å². The van der Waals surface area contributed by atoms with E-state index >= 15 is 0 Å². The molecule has 0 amide bonds. The van der Waals surface area contributed by atoms with Gasteiger partial charge in [-0.3, -0.25) is 10.1 Å². The molecular formula is C13H18N2O4. The van der Waals surface area contributed by atoms with Crippen LogP contribution in [0.3, 0.4) is 0 Å². The van der Waals surface area contributed by atoms with E-state index in [0.29, 0.717) is 12.2 Å². The first-order valence-electron chi connectivity index (χ1n) is 6.25. The molecule has 1 aromatic carbocycles. The van der Waals surface area contributed by atoms with Crippen LogP contribution in [0.25, 0.3) is 0 Å². The Kier molecular flexibility index (Phi) is 3.90. The second-order valence-electron chi connectivity index (χ2n) is 4.87. The van der Waals surface area contributed by atoms with Crippen LogP contribution in [0.1, 0.15) is 19.8 Å². The molecule has 1 aliphatic rings. The summed E-state index contributed by atoms with van der Waals surface area (Å²) in [5.41, 5.74) is 0.171. The Hall–Kier alpha value is -1.82. The molecule has 2 rings (SSSR count). The molecule has 1 saturated heterocycles. The summed E-state index contributed by atoms with van der Waals surface area (Å²) in [7, 11) is 1.42. The number of nitro benzene ring substituents is 1. The zero-order valence-corrected chi connectivity index (χ0v) is 11.1. The van der Waals surface area contributed by atoms with E-state index in [1.54, 1.807) is 18.2 Å². The van der Waals surface area contributed by atoms with E-state index in [4.69, 9.17) is 9.47 Å². The van der Waals surface area contributed by atoms with E-state index in [1.165, 1.54) is 7.11 Å². The van der Waals surface area contributed by atoms with E-state index in [-0.39, 0.29) is 17.0 Å². The van der Waals surface area contributed by atoms with Gasteiger partial charge in [0, 0.05) is 13.2 Å². The molecule has 1 unspecified atom stereocenters. The number of hydrogen-bond donors (Lipinski definition) is 1. The van der Waals surface area contributed by atoms with Crippen LogP contribution in [0.15, 0.2) is 18.2 Å². The molecule has 19 heavy (non-hydrogen) atoms. The lowest BCUT2D eigenvalue weighted by atomic mass is 10.0. The number of para-hydroxylation sites is 1. The van der Waals surface area contributed by atoms with Crippen LogP contribution in [0.4, 0.5) is 11.4 Å². The number of benzene rings is 1. The Morgan fingerprint density at radius 3 is 2.95 bits per heavy atom. The predicted octanol–water partition coefficient (Wildman–Crippen LogP) is 2.58. The summed E-state index contributed by atoms with van der Waals surface area (Å²) in [5, 5.41) is 14.2. The lowest BCUT2D eigenvalue weighted by molar-refractivity contribution is -0.384. The third-order valence-electron chi connectivity index (χ3n) is 3.35. The van der Waals surface area contributed by atoms with Crippen LogP contribution in [-0.4, -0.2) is 30.8 Å². The van der Waals surface area contributed by atoms with Gasteiger partial charge in [-0.15, -0.1) is 0 Å². The van der Waals surface area contributed by atoms with Gasteiger partial charge in [-0.05, 0) is 31.9 Å². The third-order valence-corrected chi connectivity index (χ3v) is 3.35. The maximum absolute atomic E-state index is 11.1. The average Bonchev–Trinajstić information content (AvgIpc) is 2.83. The van der Waals surface area contributed by atoms with Gasteiger partial charge in [-0.25, -0.2) is 0 Å². The Balaban J connectivity index is 2.17. The standard InChI is InChI=1S/C13H18N2O4/c1-13(7-4-8-19-13)9-14-10-5-3-6-11(18-2)12(10)15(16)17/h3,5-6,14H,4,7-9H2,1-2H3. The Labute approximate surface area is 111 Å². The molecule has 1 fully saturated rings. The minimum atomic E-state index is -0.432. The van der Waals surface area contributed by atoms with Gasteiger partial charge in [-0.2, -0.15) is 0 Å². The van der Waals surface area contributed by atoms with Crippen molar-refractivity contribution in [3.63, 3.8) is 0 Å². The summed E-state index contributed by atoms with van der Waals surface area (Å²) in [5.74, 6) is 0.257. The Bertz CT molecular complexity index is 470. The molecule has 1 aliphatic heterocycles. The summed E-state index contributed by atoms with van der Waals surface area (Å²) < 4.78 is 10.7. The molecule has 0 saturated carbocycles. The molecule has 104 valence electrons. The van der Waals surface area contributed by atoms with Crippen molar-refractivity contribution in [1.82, 2.24) is 0 Å². The van der Waals surface area contributed by atoms with Crippen molar-refractivity contribution in [2.24, 2.45) is 0 Å². The molecule has 0 aliphatic carbocycles. The third kappa shape index (κ3) is 2.96. The highest BCUT2D eigenvalue weighted by Crippen LogP contribution is 2.35. The molecule has 6 heteroatoms. The average molecular weight is 266 g/mol. The molecule has 1 heterocycles. The van der Waals surface area contributed by atoms with Gasteiger partial charge >= 0.3 is 5.69 Å². The highest BCUT2D eigenvalue weighted by atomic mass is 16.6. The van der Waals surface area contributed by atoms with E-state index in [0.717, 1.165) is 19.4 Å². The summed E-state index contributed by atoms with van der Waals surface area (Å²) in [6, 6.07) is 4.99. The summed E-state index contributed by atoms with van der Waals surface area (Å²) in [6.07, 6.45) is 1.98. The van der Waals surface area contributed by atoms with Gasteiger partial charge < -0.3 is 14.8 Å². The molecule has 6 nitrogen and oxygen atoms in total. The molecule has 1 aromatic rings. The van der Waals surface area contributed by atoms with Crippen molar-refractivity contribution in [1.29, 1.82) is 0 Å². The topological polar surface area (TPSA) is 73.6 Å². The second kappa shape index (κ2) is 5.44. The fourth-order valence-corrected chi connectivity index (χ4v) is 2.28. The van der Waals surface area contributed by atoms with Crippen LogP contribution in [-0.2, 0) is 4.74 Å². The Morgan fingerprint density at radius 1 is 1.58 bits per heavy atom. The highest BCUT2D eigenvalue weighted by molar-refractivity contribution is 5.68. The van der Waals surface area contributed by atoms with E-state index in [1.807, 2.05) is 6.92 Å². The first-order chi connectivity index (χ1) is 9.06. The summed E-state index contributed by atoms with van der Waals surface area (Å²) in [4.78, 5) is 10.7. The molecule has 1 atom stereocenters. The lowest BCUT2D eigenvalue weighted by Crippen LogP contribution is -2.32. The number of anilines is 1. The molecule has 0 spiro atoms. The fourth-order valence-electron chi connectivity index (χ4n) is 2.28. The highest BCUT2D eigenvalue weighted by Gasteiger charge is 2.30. The van der Waals surface area contributed by atoms with Crippen LogP contribution < -0.4 is 10.1 Å². The quantitative estimate of drug-likeness (QED) is 0.655. The summed E-state index contributed by atoms with van der Waals surface area (Å²) >= 11 is 0. The van der Waals surface area contributed by atoms with Gasteiger partial charge in [0.25, 0.3) is 0 Å². The van der Waals surface area contributed by atoms with Crippen LogP contribution in [0, 0.1) is 10.1 Å². The van der Waals surface area contributed by atoms with E-state index < -0.39 is 4.92 Å². The molecule has 0 aromatic heterocycles. The van der Waals surface area contributed by atoms with Crippen molar-refractivity contribution in [3.05, 3.63) is 28.3 Å². The van der Waals surface area contributed by atoms with E-state index in [9.17, 15) is 10.1 Å². The van der Waals surface area contributed by atoms with Crippen LogP contribution in [0.2, 0.25) is 0 Å². The van der Waals surface area contributed by atoms with Crippen molar-refractivity contribution in [2.75, 3.05) is 25.6 Å². The number of hydrogen-bond acceptors (Lipinski definition) is 5. The minimum absolute atomic E-state index is 0.0356. The molecule has 0 bridgehead atoms. The van der Waals surface area contributed by atoms with Gasteiger partial charge in [0.1, 0.15) is 5.69 Å². The smallest absolute Gasteiger partial charge is 0.333 e. The number of methoxy groups -OCH3 is 1. The monoisotopic (exact) mass is 266 g/mol.